The van der Waals surface area contributed by atoms with Crippen molar-refractivity contribution < 1.29 is 14.3 Å². The van der Waals surface area contributed by atoms with Crippen molar-refractivity contribution in [1.82, 2.24) is 4.90 Å². The van der Waals surface area contributed by atoms with Crippen LogP contribution in [0.1, 0.15) is 33.1 Å². The molecule has 1 unspecified atom stereocenters. The van der Waals surface area contributed by atoms with E-state index in [1.807, 2.05) is 11.8 Å². The molecule has 1 atom stereocenters. The van der Waals surface area contributed by atoms with Crippen molar-refractivity contribution in [2.75, 3.05) is 13.1 Å². The number of esters is 1. The molecule has 1 aliphatic rings. The molecule has 0 aromatic carbocycles. The highest BCUT2D eigenvalue weighted by atomic mass is 16.5. The first kappa shape index (κ1) is 11.0. The lowest BCUT2D eigenvalue weighted by molar-refractivity contribution is -0.145. The first-order valence-electron chi connectivity index (χ1n) is 5.04. The third-order valence-corrected chi connectivity index (χ3v) is 2.34. The molecular weight excluding hydrogens is 182 g/mol. The minimum absolute atomic E-state index is 0.0964. The van der Waals surface area contributed by atoms with Gasteiger partial charge in [-0.3, -0.25) is 9.59 Å². The summed E-state index contributed by atoms with van der Waals surface area (Å²) in [7, 11) is 0. The predicted molar refractivity (Wildman–Crippen MR) is 51.7 cm³/mol. The molecular formula is C10H17NO3. The van der Waals surface area contributed by atoms with E-state index in [0.717, 1.165) is 19.4 Å². The fraction of sp³-hybridized carbons (Fsp3) is 0.800. The third-order valence-electron chi connectivity index (χ3n) is 2.34. The van der Waals surface area contributed by atoms with Gasteiger partial charge in [-0.15, -0.1) is 0 Å². The predicted octanol–water partition coefficient (Wildman–Crippen LogP) is 0.950. The van der Waals surface area contributed by atoms with Gasteiger partial charge in [0.05, 0.1) is 0 Å². The summed E-state index contributed by atoms with van der Waals surface area (Å²) in [4.78, 5) is 23.7. The van der Waals surface area contributed by atoms with E-state index in [0.29, 0.717) is 13.0 Å². The number of amides is 1. The van der Waals surface area contributed by atoms with Crippen LogP contribution in [-0.4, -0.2) is 36.0 Å². The normalized spacial score (nSPS) is 18.4. The Balaban J connectivity index is 2.19. The van der Waals surface area contributed by atoms with Crippen LogP contribution < -0.4 is 0 Å². The summed E-state index contributed by atoms with van der Waals surface area (Å²) in [5.41, 5.74) is 0. The zero-order valence-electron chi connectivity index (χ0n) is 8.78. The van der Waals surface area contributed by atoms with Gasteiger partial charge >= 0.3 is 5.97 Å². The number of nitrogens with zero attached hydrogens (tertiary/aromatic N) is 1. The van der Waals surface area contributed by atoms with E-state index >= 15 is 0 Å². The van der Waals surface area contributed by atoms with Crippen molar-refractivity contribution in [3.05, 3.63) is 0 Å². The van der Waals surface area contributed by atoms with Crippen molar-refractivity contribution >= 4 is 11.9 Å². The highest BCUT2D eigenvalue weighted by molar-refractivity contribution is 5.78. The van der Waals surface area contributed by atoms with Crippen molar-refractivity contribution in [3.8, 4) is 0 Å². The maximum absolute atomic E-state index is 11.2. The molecule has 0 aromatic heterocycles. The fourth-order valence-electron chi connectivity index (χ4n) is 1.62. The number of carbonyl (C=O) groups excluding carboxylic acids is 2. The lowest BCUT2D eigenvalue weighted by Gasteiger charge is -2.18. The molecule has 80 valence electrons. The van der Waals surface area contributed by atoms with Gasteiger partial charge in [0.25, 0.3) is 0 Å². The second kappa shape index (κ2) is 4.98. The Hall–Kier alpha value is -1.06. The lowest BCUT2D eigenvalue weighted by atomic mass is 10.2. The molecule has 1 saturated heterocycles. The molecule has 0 N–H and O–H groups in total. The van der Waals surface area contributed by atoms with Gasteiger partial charge in [-0.2, -0.15) is 0 Å². The number of ether oxygens (including phenoxy) is 1. The van der Waals surface area contributed by atoms with Crippen LogP contribution in [0.3, 0.4) is 0 Å². The molecule has 14 heavy (non-hydrogen) atoms. The van der Waals surface area contributed by atoms with Crippen LogP contribution in [0.5, 0.6) is 0 Å². The Bertz CT molecular complexity index is 227. The minimum atomic E-state index is -0.259. The average Bonchev–Trinajstić information content (AvgIpc) is 2.46. The first-order valence-corrected chi connectivity index (χ1v) is 5.04. The Morgan fingerprint density at radius 2 is 2.36 bits per heavy atom. The van der Waals surface area contributed by atoms with Crippen molar-refractivity contribution in [2.45, 2.75) is 39.2 Å². The number of carbonyl (C=O) groups is 2. The molecule has 0 radical (unpaired) electrons. The summed E-state index contributed by atoms with van der Waals surface area (Å²) in [6.45, 7) is 4.80. The Morgan fingerprint density at radius 3 is 2.86 bits per heavy atom. The Labute approximate surface area is 84.2 Å². The topological polar surface area (TPSA) is 46.6 Å². The van der Waals surface area contributed by atoms with E-state index in [-0.39, 0.29) is 18.0 Å². The summed E-state index contributed by atoms with van der Waals surface area (Å²) >= 11 is 0. The maximum Gasteiger partial charge on any atom is 0.302 e. The second-order valence-electron chi connectivity index (χ2n) is 3.69. The molecule has 0 bridgehead atoms. The molecule has 1 heterocycles. The number of hydrogen-bond donors (Lipinski definition) is 0. The van der Waals surface area contributed by atoms with Gasteiger partial charge in [-0.25, -0.2) is 0 Å². The summed E-state index contributed by atoms with van der Waals surface area (Å²) in [6.07, 6.45) is 2.26. The summed E-state index contributed by atoms with van der Waals surface area (Å²) < 4.78 is 4.97. The zero-order valence-corrected chi connectivity index (χ0v) is 8.78. The molecule has 0 aliphatic carbocycles. The molecule has 0 aromatic rings. The van der Waals surface area contributed by atoms with Crippen LogP contribution in [-0.2, 0) is 14.3 Å². The molecule has 4 nitrogen and oxygen atoms in total. The van der Waals surface area contributed by atoms with Crippen molar-refractivity contribution in [2.24, 2.45) is 0 Å². The van der Waals surface area contributed by atoms with E-state index in [4.69, 9.17) is 4.74 Å². The minimum Gasteiger partial charge on any atom is -0.463 e. The van der Waals surface area contributed by atoms with Crippen molar-refractivity contribution in [1.29, 1.82) is 0 Å². The number of likely N-dealkylation sites (tertiary alicyclic amines) is 1. The quantitative estimate of drug-likeness (QED) is 0.633. The molecule has 0 saturated carbocycles. The van der Waals surface area contributed by atoms with Gasteiger partial charge in [0.15, 0.2) is 0 Å². The summed E-state index contributed by atoms with van der Waals surface area (Å²) in [5, 5.41) is 0. The van der Waals surface area contributed by atoms with E-state index in [1.165, 1.54) is 6.92 Å². The summed E-state index contributed by atoms with van der Waals surface area (Å²) in [5.74, 6) is -0.0368. The van der Waals surface area contributed by atoms with Gasteiger partial charge in [0.1, 0.15) is 6.10 Å². The van der Waals surface area contributed by atoms with Crippen LogP contribution in [0, 0.1) is 0 Å². The zero-order chi connectivity index (χ0) is 10.6. The van der Waals surface area contributed by atoms with Crippen LogP contribution in [0.2, 0.25) is 0 Å². The van der Waals surface area contributed by atoms with Gasteiger partial charge < -0.3 is 9.64 Å². The fourth-order valence-corrected chi connectivity index (χ4v) is 1.62. The van der Waals surface area contributed by atoms with E-state index in [9.17, 15) is 9.59 Å². The molecule has 1 aliphatic heterocycles. The standard InChI is InChI=1S/C10H17NO3/c1-8(14-9(2)12)5-7-11-6-3-4-10(11)13/h8H,3-7H2,1-2H3. The van der Waals surface area contributed by atoms with E-state index in [1.54, 1.807) is 0 Å². The van der Waals surface area contributed by atoms with Crippen LogP contribution in [0.15, 0.2) is 0 Å². The summed E-state index contributed by atoms with van der Waals surface area (Å²) in [6, 6.07) is 0. The first-order chi connectivity index (χ1) is 6.59. The average molecular weight is 199 g/mol. The van der Waals surface area contributed by atoms with Gasteiger partial charge in [0.2, 0.25) is 5.91 Å². The smallest absolute Gasteiger partial charge is 0.302 e. The molecule has 4 heteroatoms. The highest BCUT2D eigenvalue weighted by Gasteiger charge is 2.20. The molecule has 1 rings (SSSR count). The molecule has 0 spiro atoms. The molecule has 1 fully saturated rings. The highest BCUT2D eigenvalue weighted by Crippen LogP contribution is 2.11. The van der Waals surface area contributed by atoms with Crippen LogP contribution in [0.4, 0.5) is 0 Å². The SMILES string of the molecule is CC(=O)OC(C)CCN1CCCC1=O. The molecule has 1 amide bonds. The second-order valence-corrected chi connectivity index (χ2v) is 3.69. The lowest BCUT2D eigenvalue weighted by Crippen LogP contribution is -2.28. The van der Waals surface area contributed by atoms with Crippen LogP contribution >= 0.6 is 0 Å². The Morgan fingerprint density at radius 1 is 1.64 bits per heavy atom. The van der Waals surface area contributed by atoms with Crippen molar-refractivity contribution in [3.63, 3.8) is 0 Å². The number of hydrogen-bond acceptors (Lipinski definition) is 3. The van der Waals surface area contributed by atoms with Crippen LogP contribution in [0.25, 0.3) is 0 Å². The maximum atomic E-state index is 11.2. The van der Waals surface area contributed by atoms with Gasteiger partial charge in [-0.05, 0) is 13.3 Å². The van der Waals surface area contributed by atoms with E-state index < -0.39 is 0 Å². The Kier molecular flexibility index (Phi) is 3.92. The number of rotatable bonds is 4. The third kappa shape index (κ3) is 3.36. The largest absolute Gasteiger partial charge is 0.463 e. The van der Waals surface area contributed by atoms with Gasteiger partial charge in [0, 0.05) is 32.9 Å². The monoisotopic (exact) mass is 199 g/mol. The van der Waals surface area contributed by atoms with E-state index in [2.05, 4.69) is 0 Å². The van der Waals surface area contributed by atoms with Gasteiger partial charge in [-0.1, -0.05) is 0 Å².